The third-order valence-electron chi connectivity index (χ3n) is 13.6. The molecular weight excluding hydrogens is 791 g/mol. The molecule has 0 spiro atoms. The average Bonchev–Trinajstić information content (AvgIpc) is 3.29. The van der Waals surface area contributed by atoms with E-state index in [2.05, 4.69) is 31.3 Å². The Morgan fingerprint density at radius 2 is 0.734 bits per heavy atom. The molecule has 2 atom stereocenters. The van der Waals surface area contributed by atoms with Gasteiger partial charge in [0.2, 0.25) is 5.91 Å². The molecule has 64 heavy (non-hydrogen) atoms. The average molecular weight is 905 g/mol. The van der Waals surface area contributed by atoms with Gasteiger partial charge in [-0.05, 0) is 51.4 Å². The van der Waals surface area contributed by atoms with Crippen molar-refractivity contribution >= 4 is 11.9 Å². The Balaban J connectivity index is 3.46. The first-order chi connectivity index (χ1) is 31.5. The van der Waals surface area contributed by atoms with Crippen molar-refractivity contribution in [2.45, 2.75) is 334 Å². The van der Waals surface area contributed by atoms with Gasteiger partial charge in [0.1, 0.15) is 0 Å². The predicted octanol–water partition coefficient (Wildman–Crippen LogP) is 17.7. The number of ether oxygens (including phenoxy) is 1. The van der Waals surface area contributed by atoms with Gasteiger partial charge in [-0.15, -0.1) is 0 Å². The summed E-state index contributed by atoms with van der Waals surface area (Å²) in [5.41, 5.74) is 0. The van der Waals surface area contributed by atoms with Crippen molar-refractivity contribution < 1.29 is 24.5 Å². The van der Waals surface area contributed by atoms with Crippen molar-refractivity contribution in [1.82, 2.24) is 5.32 Å². The molecule has 6 heteroatoms. The quantitative estimate of drug-likeness (QED) is 0.0321. The number of unbranched alkanes of at least 4 members (excludes halogenated alkanes) is 41. The van der Waals surface area contributed by atoms with Crippen LogP contribution in [0.1, 0.15) is 322 Å². The number of aliphatic hydroxyl groups is 2. The Kier molecular flexibility index (Phi) is 53.0. The minimum absolute atomic E-state index is 0.0268. The van der Waals surface area contributed by atoms with Crippen LogP contribution in [-0.4, -0.2) is 47.4 Å². The van der Waals surface area contributed by atoms with Crippen molar-refractivity contribution in [2.75, 3.05) is 13.2 Å². The van der Waals surface area contributed by atoms with Crippen LogP contribution in [-0.2, 0) is 14.3 Å². The number of nitrogens with one attached hydrogen (secondary N) is 1. The van der Waals surface area contributed by atoms with E-state index < -0.39 is 12.1 Å². The van der Waals surface area contributed by atoms with Crippen LogP contribution in [0, 0.1) is 0 Å². The molecule has 0 aliphatic heterocycles. The zero-order chi connectivity index (χ0) is 46.5. The summed E-state index contributed by atoms with van der Waals surface area (Å²) >= 11 is 0. The van der Waals surface area contributed by atoms with Gasteiger partial charge in [-0.3, -0.25) is 9.59 Å². The number of esters is 1. The standard InChI is InChI=1S/C58H113NO5/c1-3-5-7-9-11-13-15-17-18-19-20-21-22-23-24-25-26-27-29-30-34-38-42-46-50-56(61)55(54-60)59-57(62)51-47-43-39-35-32-33-37-41-45-49-53-64-58(63)52-48-44-40-36-31-28-16-14-12-10-8-6-4-2/h14,16,55-56,60-61H,3-13,15,17-54H2,1-2H3,(H,59,62)/b16-14-. The van der Waals surface area contributed by atoms with E-state index in [1.807, 2.05) is 0 Å². The van der Waals surface area contributed by atoms with Crippen molar-refractivity contribution in [1.29, 1.82) is 0 Å². The highest BCUT2D eigenvalue weighted by Crippen LogP contribution is 2.18. The molecule has 0 aromatic rings. The second-order valence-electron chi connectivity index (χ2n) is 20.0. The Labute approximate surface area is 399 Å². The highest BCUT2D eigenvalue weighted by molar-refractivity contribution is 5.76. The van der Waals surface area contributed by atoms with E-state index in [9.17, 15) is 19.8 Å². The molecule has 0 saturated carbocycles. The molecule has 0 heterocycles. The summed E-state index contributed by atoms with van der Waals surface area (Å²) in [6.45, 7) is 4.90. The maximum atomic E-state index is 12.5. The fourth-order valence-electron chi connectivity index (χ4n) is 9.11. The van der Waals surface area contributed by atoms with Gasteiger partial charge in [0.15, 0.2) is 0 Å². The fraction of sp³-hybridized carbons (Fsp3) is 0.931. The summed E-state index contributed by atoms with van der Waals surface area (Å²) in [6.07, 6.45) is 63.4. The Morgan fingerprint density at radius 1 is 0.422 bits per heavy atom. The van der Waals surface area contributed by atoms with E-state index in [0.717, 1.165) is 57.8 Å². The monoisotopic (exact) mass is 904 g/mol. The molecule has 0 saturated heterocycles. The number of carbonyl (C=O) groups excluding carboxylic acids is 2. The highest BCUT2D eigenvalue weighted by atomic mass is 16.5. The lowest BCUT2D eigenvalue weighted by Crippen LogP contribution is -2.45. The smallest absolute Gasteiger partial charge is 0.305 e. The topological polar surface area (TPSA) is 95.9 Å². The lowest BCUT2D eigenvalue weighted by molar-refractivity contribution is -0.143. The van der Waals surface area contributed by atoms with E-state index in [0.29, 0.717) is 25.9 Å². The number of carbonyl (C=O) groups is 2. The van der Waals surface area contributed by atoms with Gasteiger partial charge >= 0.3 is 5.97 Å². The molecular formula is C58H113NO5. The van der Waals surface area contributed by atoms with Gasteiger partial charge in [-0.25, -0.2) is 0 Å². The van der Waals surface area contributed by atoms with Gasteiger partial charge in [-0.2, -0.15) is 0 Å². The predicted molar refractivity (Wildman–Crippen MR) is 278 cm³/mol. The van der Waals surface area contributed by atoms with Crippen LogP contribution in [0.5, 0.6) is 0 Å². The molecule has 0 aliphatic rings. The lowest BCUT2D eigenvalue weighted by Gasteiger charge is -2.22. The van der Waals surface area contributed by atoms with E-state index in [1.54, 1.807) is 0 Å². The third-order valence-corrected chi connectivity index (χ3v) is 13.6. The number of allylic oxidation sites excluding steroid dienone is 2. The Morgan fingerprint density at radius 3 is 1.12 bits per heavy atom. The largest absolute Gasteiger partial charge is 0.466 e. The molecule has 380 valence electrons. The first kappa shape index (κ1) is 62.6. The summed E-state index contributed by atoms with van der Waals surface area (Å²) in [5, 5.41) is 23.3. The van der Waals surface area contributed by atoms with Crippen LogP contribution in [0.4, 0.5) is 0 Å². The summed E-state index contributed by atoms with van der Waals surface area (Å²) in [7, 11) is 0. The van der Waals surface area contributed by atoms with Crippen LogP contribution in [0.3, 0.4) is 0 Å². The normalized spacial score (nSPS) is 12.6. The molecule has 0 bridgehead atoms. The SMILES string of the molecule is CCCCCC/C=C\CCCCCCCC(=O)OCCCCCCCCCCCCC(=O)NC(CO)C(O)CCCCCCCCCCCCCCCCCCCCCCCCCC. The first-order valence-electron chi connectivity index (χ1n) is 28.9. The molecule has 0 aromatic heterocycles. The number of amides is 1. The van der Waals surface area contributed by atoms with E-state index >= 15 is 0 Å². The van der Waals surface area contributed by atoms with Crippen LogP contribution in [0.2, 0.25) is 0 Å². The van der Waals surface area contributed by atoms with Crippen LogP contribution < -0.4 is 5.32 Å². The van der Waals surface area contributed by atoms with Gasteiger partial charge in [0, 0.05) is 12.8 Å². The minimum Gasteiger partial charge on any atom is -0.466 e. The van der Waals surface area contributed by atoms with Crippen LogP contribution in [0.15, 0.2) is 12.2 Å². The molecule has 0 aliphatic carbocycles. The maximum Gasteiger partial charge on any atom is 0.305 e. The van der Waals surface area contributed by atoms with Gasteiger partial charge in [0.25, 0.3) is 0 Å². The number of rotatable bonds is 54. The lowest BCUT2D eigenvalue weighted by atomic mass is 10.0. The van der Waals surface area contributed by atoms with E-state index in [1.165, 1.54) is 231 Å². The number of aliphatic hydroxyl groups excluding tert-OH is 2. The molecule has 0 rings (SSSR count). The van der Waals surface area contributed by atoms with Gasteiger partial charge < -0.3 is 20.3 Å². The Hall–Kier alpha value is -1.40. The van der Waals surface area contributed by atoms with Crippen molar-refractivity contribution in [3.63, 3.8) is 0 Å². The summed E-state index contributed by atoms with van der Waals surface area (Å²) in [4.78, 5) is 24.5. The molecule has 0 fully saturated rings. The van der Waals surface area contributed by atoms with Crippen molar-refractivity contribution in [3.05, 3.63) is 12.2 Å². The van der Waals surface area contributed by atoms with E-state index in [-0.39, 0.29) is 18.5 Å². The zero-order valence-corrected chi connectivity index (χ0v) is 43.3. The maximum absolute atomic E-state index is 12.5. The highest BCUT2D eigenvalue weighted by Gasteiger charge is 2.20. The summed E-state index contributed by atoms with van der Waals surface area (Å²) in [6, 6.07) is -0.559. The second-order valence-corrected chi connectivity index (χ2v) is 20.0. The Bertz CT molecular complexity index is 955. The van der Waals surface area contributed by atoms with Gasteiger partial charge in [0.05, 0.1) is 25.4 Å². The number of hydrogen-bond acceptors (Lipinski definition) is 5. The molecule has 6 nitrogen and oxygen atoms in total. The minimum atomic E-state index is -0.680. The second kappa shape index (κ2) is 54.2. The van der Waals surface area contributed by atoms with Crippen molar-refractivity contribution in [3.8, 4) is 0 Å². The molecule has 0 aromatic carbocycles. The molecule has 3 N–H and O–H groups in total. The first-order valence-corrected chi connectivity index (χ1v) is 28.9. The zero-order valence-electron chi connectivity index (χ0n) is 43.3. The van der Waals surface area contributed by atoms with Crippen LogP contribution in [0.25, 0.3) is 0 Å². The molecule has 0 radical (unpaired) electrons. The summed E-state index contributed by atoms with van der Waals surface area (Å²) < 4.78 is 5.45. The number of hydrogen-bond donors (Lipinski definition) is 3. The third kappa shape index (κ3) is 50.0. The van der Waals surface area contributed by atoms with E-state index in [4.69, 9.17) is 4.74 Å². The van der Waals surface area contributed by atoms with Crippen molar-refractivity contribution in [2.24, 2.45) is 0 Å². The summed E-state index contributed by atoms with van der Waals surface area (Å²) in [5.74, 6) is -0.0814. The molecule has 1 amide bonds. The van der Waals surface area contributed by atoms with Gasteiger partial charge in [-0.1, -0.05) is 270 Å². The fourth-order valence-corrected chi connectivity index (χ4v) is 9.11. The van der Waals surface area contributed by atoms with Crippen LogP contribution >= 0.6 is 0 Å². The molecule has 2 unspecified atom stereocenters.